The molecule has 0 saturated heterocycles. The standard InChI is InChI=1S/C11H11N7O/c1-7-3-4-9-12-11(15-18(9)5-7)13-10(19)8-6-17(2)16-14-8/h3-6H,1-2H3,(H,13,15,19). The molecule has 3 heterocycles. The molecule has 0 spiro atoms. The molecular weight excluding hydrogens is 246 g/mol. The van der Waals surface area contributed by atoms with Gasteiger partial charge in [-0.3, -0.25) is 14.8 Å². The maximum atomic E-state index is 11.9. The summed E-state index contributed by atoms with van der Waals surface area (Å²) in [6.07, 6.45) is 3.36. The quantitative estimate of drug-likeness (QED) is 0.718. The van der Waals surface area contributed by atoms with Gasteiger partial charge in [-0.25, -0.2) is 4.52 Å². The summed E-state index contributed by atoms with van der Waals surface area (Å²) in [5.41, 5.74) is 1.95. The van der Waals surface area contributed by atoms with Gasteiger partial charge in [0.1, 0.15) is 0 Å². The molecule has 0 saturated carbocycles. The van der Waals surface area contributed by atoms with Crippen LogP contribution in [-0.4, -0.2) is 35.5 Å². The molecule has 19 heavy (non-hydrogen) atoms. The molecule has 0 bridgehead atoms. The van der Waals surface area contributed by atoms with Gasteiger partial charge in [0.2, 0.25) is 5.95 Å². The summed E-state index contributed by atoms with van der Waals surface area (Å²) in [7, 11) is 1.69. The molecule has 1 amide bonds. The molecule has 0 atom stereocenters. The van der Waals surface area contributed by atoms with E-state index in [1.165, 1.54) is 10.9 Å². The Hall–Kier alpha value is -2.77. The van der Waals surface area contributed by atoms with Crippen LogP contribution in [0.3, 0.4) is 0 Å². The highest BCUT2D eigenvalue weighted by molar-refractivity contribution is 6.01. The van der Waals surface area contributed by atoms with Crippen molar-refractivity contribution in [2.75, 3.05) is 5.32 Å². The number of aromatic nitrogens is 6. The molecule has 8 heteroatoms. The number of hydrogen-bond donors (Lipinski definition) is 1. The van der Waals surface area contributed by atoms with E-state index in [1.54, 1.807) is 11.6 Å². The number of anilines is 1. The number of nitrogens with zero attached hydrogens (tertiary/aromatic N) is 6. The molecule has 0 unspecified atom stereocenters. The molecule has 0 aliphatic rings. The lowest BCUT2D eigenvalue weighted by Gasteiger charge is -1.94. The van der Waals surface area contributed by atoms with Crippen molar-refractivity contribution in [3.05, 3.63) is 35.8 Å². The molecule has 8 nitrogen and oxygen atoms in total. The van der Waals surface area contributed by atoms with Crippen molar-refractivity contribution in [1.82, 2.24) is 29.6 Å². The molecule has 1 N–H and O–H groups in total. The highest BCUT2D eigenvalue weighted by atomic mass is 16.2. The molecule has 0 aromatic carbocycles. The number of hydrogen-bond acceptors (Lipinski definition) is 5. The smallest absolute Gasteiger partial charge is 0.280 e. The van der Waals surface area contributed by atoms with E-state index >= 15 is 0 Å². The number of nitrogens with one attached hydrogen (secondary N) is 1. The van der Waals surface area contributed by atoms with Crippen molar-refractivity contribution in [2.24, 2.45) is 7.05 Å². The SMILES string of the molecule is Cc1ccc2nc(NC(=O)c3cn(C)nn3)nn2c1. The lowest BCUT2D eigenvalue weighted by atomic mass is 10.3. The fraction of sp³-hybridized carbons (Fsp3) is 0.182. The van der Waals surface area contributed by atoms with Crippen LogP contribution in [0.2, 0.25) is 0 Å². The van der Waals surface area contributed by atoms with Crippen molar-refractivity contribution in [2.45, 2.75) is 6.92 Å². The Balaban J connectivity index is 1.87. The van der Waals surface area contributed by atoms with E-state index in [-0.39, 0.29) is 17.5 Å². The fourth-order valence-electron chi connectivity index (χ4n) is 1.66. The van der Waals surface area contributed by atoms with Crippen LogP contribution in [-0.2, 0) is 7.05 Å². The lowest BCUT2D eigenvalue weighted by Crippen LogP contribution is -2.13. The normalized spacial score (nSPS) is 10.8. The molecule has 0 aliphatic heterocycles. The van der Waals surface area contributed by atoms with Crippen molar-refractivity contribution in [3.63, 3.8) is 0 Å². The zero-order chi connectivity index (χ0) is 13.4. The van der Waals surface area contributed by atoms with Gasteiger partial charge in [0.25, 0.3) is 5.91 Å². The third-order valence-electron chi connectivity index (χ3n) is 2.54. The first-order valence-corrected chi connectivity index (χ1v) is 5.62. The van der Waals surface area contributed by atoms with E-state index in [1.807, 2.05) is 25.3 Å². The summed E-state index contributed by atoms with van der Waals surface area (Å²) in [5.74, 6) is -0.151. The van der Waals surface area contributed by atoms with E-state index < -0.39 is 0 Å². The Bertz CT molecular complexity index is 757. The Labute approximate surface area is 108 Å². The Morgan fingerprint density at radius 2 is 2.16 bits per heavy atom. The minimum absolute atomic E-state index is 0.220. The minimum atomic E-state index is -0.388. The van der Waals surface area contributed by atoms with E-state index in [4.69, 9.17) is 0 Å². The number of amides is 1. The van der Waals surface area contributed by atoms with Gasteiger partial charge in [-0.15, -0.1) is 10.2 Å². The van der Waals surface area contributed by atoms with Gasteiger partial charge in [0.05, 0.1) is 6.20 Å². The van der Waals surface area contributed by atoms with Gasteiger partial charge in [-0.05, 0) is 18.6 Å². The molecular formula is C11H11N7O. The van der Waals surface area contributed by atoms with Gasteiger partial charge in [0, 0.05) is 13.2 Å². The van der Waals surface area contributed by atoms with Crippen LogP contribution in [0.25, 0.3) is 5.65 Å². The van der Waals surface area contributed by atoms with Gasteiger partial charge in [-0.2, -0.15) is 4.98 Å². The summed E-state index contributed by atoms with van der Waals surface area (Å²) < 4.78 is 3.07. The number of carbonyl (C=O) groups excluding carboxylic acids is 1. The highest BCUT2D eigenvalue weighted by Crippen LogP contribution is 2.07. The van der Waals surface area contributed by atoms with Gasteiger partial charge >= 0.3 is 0 Å². The van der Waals surface area contributed by atoms with Gasteiger partial charge in [-0.1, -0.05) is 11.3 Å². The van der Waals surface area contributed by atoms with Crippen LogP contribution in [0.15, 0.2) is 24.5 Å². The van der Waals surface area contributed by atoms with Crippen LogP contribution in [0.1, 0.15) is 16.1 Å². The first-order valence-electron chi connectivity index (χ1n) is 5.62. The van der Waals surface area contributed by atoms with Gasteiger partial charge < -0.3 is 0 Å². The topological polar surface area (TPSA) is 90.0 Å². The van der Waals surface area contributed by atoms with Crippen LogP contribution in [0.5, 0.6) is 0 Å². The number of pyridine rings is 1. The lowest BCUT2D eigenvalue weighted by molar-refractivity contribution is 0.102. The zero-order valence-corrected chi connectivity index (χ0v) is 10.4. The Kier molecular flexibility index (Phi) is 2.48. The molecule has 0 radical (unpaired) electrons. The average Bonchev–Trinajstić information content (AvgIpc) is 2.94. The van der Waals surface area contributed by atoms with E-state index in [9.17, 15) is 4.79 Å². The maximum Gasteiger partial charge on any atom is 0.280 e. The second-order valence-corrected chi connectivity index (χ2v) is 4.18. The van der Waals surface area contributed by atoms with Crippen LogP contribution in [0.4, 0.5) is 5.95 Å². The molecule has 96 valence electrons. The molecule has 0 aliphatic carbocycles. The van der Waals surface area contributed by atoms with Gasteiger partial charge in [0.15, 0.2) is 11.3 Å². The van der Waals surface area contributed by atoms with Crippen molar-refractivity contribution in [1.29, 1.82) is 0 Å². The number of aryl methyl sites for hydroxylation is 2. The van der Waals surface area contributed by atoms with E-state index in [2.05, 4.69) is 25.7 Å². The van der Waals surface area contributed by atoms with Crippen LogP contribution >= 0.6 is 0 Å². The van der Waals surface area contributed by atoms with Crippen molar-refractivity contribution >= 4 is 17.5 Å². The summed E-state index contributed by atoms with van der Waals surface area (Å²) in [4.78, 5) is 16.0. The Morgan fingerprint density at radius 3 is 2.89 bits per heavy atom. The maximum absolute atomic E-state index is 11.9. The van der Waals surface area contributed by atoms with E-state index in [0.29, 0.717) is 5.65 Å². The van der Waals surface area contributed by atoms with Crippen LogP contribution in [0, 0.1) is 6.92 Å². The van der Waals surface area contributed by atoms with Crippen LogP contribution < -0.4 is 5.32 Å². The molecule has 3 aromatic heterocycles. The third kappa shape index (κ3) is 2.15. The Morgan fingerprint density at radius 1 is 1.32 bits per heavy atom. The summed E-state index contributed by atoms with van der Waals surface area (Å²) in [6, 6.07) is 3.76. The number of carbonyl (C=O) groups is 1. The first kappa shape index (κ1) is 11.3. The highest BCUT2D eigenvalue weighted by Gasteiger charge is 2.13. The third-order valence-corrected chi connectivity index (χ3v) is 2.54. The predicted molar refractivity (Wildman–Crippen MR) is 66.7 cm³/mol. The fourth-order valence-corrected chi connectivity index (χ4v) is 1.66. The second kappa shape index (κ2) is 4.16. The monoisotopic (exact) mass is 257 g/mol. The average molecular weight is 257 g/mol. The van der Waals surface area contributed by atoms with E-state index in [0.717, 1.165) is 5.56 Å². The zero-order valence-electron chi connectivity index (χ0n) is 10.4. The summed E-state index contributed by atoms with van der Waals surface area (Å²) in [6.45, 7) is 1.96. The number of rotatable bonds is 2. The number of fused-ring (bicyclic) bond motifs is 1. The minimum Gasteiger partial charge on any atom is -0.288 e. The van der Waals surface area contributed by atoms with Crippen molar-refractivity contribution in [3.8, 4) is 0 Å². The molecule has 3 rings (SSSR count). The second-order valence-electron chi connectivity index (χ2n) is 4.18. The first-order chi connectivity index (χ1) is 9.11. The summed E-state index contributed by atoms with van der Waals surface area (Å²) in [5, 5.41) is 14.2. The summed E-state index contributed by atoms with van der Waals surface area (Å²) >= 11 is 0. The van der Waals surface area contributed by atoms with Crippen molar-refractivity contribution < 1.29 is 4.79 Å². The molecule has 3 aromatic rings. The predicted octanol–water partition coefficient (Wildman–Crippen LogP) is 0.419. The molecule has 0 fully saturated rings. The largest absolute Gasteiger partial charge is 0.288 e.